The maximum absolute atomic E-state index is 2.39. The van der Waals surface area contributed by atoms with Gasteiger partial charge in [-0.1, -0.05) is 121 Å². The summed E-state index contributed by atoms with van der Waals surface area (Å²) < 4.78 is 2.38. The number of fused-ring (bicyclic) bond motifs is 4. The predicted octanol–water partition coefficient (Wildman–Crippen LogP) is 11.0. The molecule has 8 rings (SSSR count). The van der Waals surface area contributed by atoms with Crippen LogP contribution in [0.2, 0.25) is 0 Å². The lowest BCUT2D eigenvalue weighted by Crippen LogP contribution is -1.92. The molecule has 0 aliphatic carbocycles. The molecule has 0 spiro atoms. The van der Waals surface area contributed by atoms with Crippen molar-refractivity contribution in [3.05, 3.63) is 152 Å². The van der Waals surface area contributed by atoms with E-state index < -0.39 is 0 Å². The second-order valence-electron chi connectivity index (χ2n) is 10.1. The van der Waals surface area contributed by atoms with Crippen molar-refractivity contribution in [2.75, 3.05) is 0 Å². The van der Waals surface area contributed by atoms with Crippen molar-refractivity contribution in [2.45, 2.75) is 0 Å². The zero-order valence-electron chi connectivity index (χ0n) is 21.8. The topological polar surface area (TPSA) is 4.93 Å². The maximum Gasteiger partial charge on any atom is 0.0541 e. The van der Waals surface area contributed by atoms with Gasteiger partial charge in [0.2, 0.25) is 0 Å². The van der Waals surface area contributed by atoms with Crippen LogP contribution in [0.4, 0.5) is 0 Å². The third-order valence-electron chi connectivity index (χ3n) is 7.83. The standard InChI is InChI=1S/C38H25NS/c1-3-13-26(14-4-1)29-17-7-8-19-31(29)38-33-21-10-9-20-32(33)37(40-38)27-23-24-36-34(25-27)30-18-11-12-22-35(30)39(36)28-15-5-2-6-16-28/h1-25H. The van der Waals surface area contributed by atoms with Crippen LogP contribution >= 0.6 is 11.3 Å². The number of hydrogen-bond acceptors (Lipinski definition) is 1. The van der Waals surface area contributed by atoms with E-state index in [0.29, 0.717) is 0 Å². The minimum atomic E-state index is 1.18. The molecule has 0 N–H and O–H groups in total. The first-order valence-electron chi connectivity index (χ1n) is 13.6. The molecule has 0 amide bonds. The molecular weight excluding hydrogens is 502 g/mol. The lowest BCUT2D eigenvalue weighted by molar-refractivity contribution is 1.18. The zero-order valence-corrected chi connectivity index (χ0v) is 22.6. The van der Waals surface area contributed by atoms with Gasteiger partial charge in [-0.15, -0.1) is 11.3 Å². The molecule has 40 heavy (non-hydrogen) atoms. The molecule has 0 fully saturated rings. The average Bonchev–Trinajstić information content (AvgIpc) is 3.58. The van der Waals surface area contributed by atoms with E-state index in [1.54, 1.807) is 0 Å². The Morgan fingerprint density at radius 2 is 0.950 bits per heavy atom. The number of benzene rings is 6. The van der Waals surface area contributed by atoms with E-state index in [4.69, 9.17) is 0 Å². The lowest BCUT2D eigenvalue weighted by atomic mass is 9.96. The molecule has 1 nitrogen and oxygen atoms in total. The van der Waals surface area contributed by atoms with Crippen LogP contribution in [0, 0.1) is 0 Å². The highest BCUT2D eigenvalue weighted by atomic mass is 32.1. The van der Waals surface area contributed by atoms with E-state index in [0.717, 1.165) is 0 Å². The predicted molar refractivity (Wildman–Crippen MR) is 172 cm³/mol. The molecule has 0 radical (unpaired) electrons. The Hall–Kier alpha value is -4.92. The quantitative estimate of drug-likeness (QED) is 0.214. The Kier molecular flexibility index (Phi) is 5.39. The fourth-order valence-corrected chi connectivity index (χ4v) is 7.34. The highest BCUT2D eigenvalue weighted by Gasteiger charge is 2.19. The summed E-state index contributed by atoms with van der Waals surface area (Å²) in [6.45, 7) is 0. The Balaban J connectivity index is 1.37. The monoisotopic (exact) mass is 527 g/mol. The van der Waals surface area contributed by atoms with E-state index in [-0.39, 0.29) is 0 Å². The summed E-state index contributed by atoms with van der Waals surface area (Å²) in [6, 6.07) is 54.7. The molecule has 2 heteroatoms. The smallest absolute Gasteiger partial charge is 0.0541 e. The van der Waals surface area contributed by atoms with Gasteiger partial charge in [-0.25, -0.2) is 0 Å². The SMILES string of the molecule is c1ccc(-c2ccccc2-c2sc(-c3ccc4c(c3)c3ccccc3n4-c3ccccc3)c3ccccc23)cc1. The Morgan fingerprint density at radius 3 is 1.73 bits per heavy atom. The Morgan fingerprint density at radius 1 is 0.375 bits per heavy atom. The van der Waals surface area contributed by atoms with Gasteiger partial charge in [-0.3, -0.25) is 0 Å². The minimum absolute atomic E-state index is 1.18. The summed E-state index contributed by atoms with van der Waals surface area (Å²) in [4.78, 5) is 2.63. The summed E-state index contributed by atoms with van der Waals surface area (Å²) in [5, 5.41) is 5.16. The lowest BCUT2D eigenvalue weighted by Gasteiger charge is -2.09. The van der Waals surface area contributed by atoms with Crippen LogP contribution < -0.4 is 0 Å². The first-order valence-corrected chi connectivity index (χ1v) is 14.4. The molecule has 0 saturated carbocycles. The molecule has 8 aromatic rings. The van der Waals surface area contributed by atoms with Gasteiger partial charge < -0.3 is 4.57 Å². The minimum Gasteiger partial charge on any atom is -0.309 e. The van der Waals surface area contributed by atoms with Gasteiger partial charge in [0, 0.05) is 42.6 Å². The fourth-order valence-electron chi connectivity index (χ4n) is 6.03. The normalized spacial score (nSPS) is 11.5. The van der Waals surface area contributed by atoms with Crippen molar-refractivity contribution in [3.8, 4) is 37.7 Å². The molecule has 0 aliphatic rings. The van der Waals surface area contributed by atoms with Gasteiger partial charge in [0.1, 0.15) is 0 Å². The van der Waals surface area contributed by atoms with Gasteiger partial charge in [0.05, 0.1) is 11.0 Å². The van der Waals surface area contributed by atoms with Crippen molar-refractivity contribution in [1.29, 1.82) is 0 Å². The van der Waals surface area contributed by atoms with Crippen LogP contribution in [0.15, 0.2) is 152 Å². The van der Waals surface area contributed by atoms with Gasteiger partial charge in [-0.05, 0) is 47.0 Å². The van der Waals surface area contributed by atoms with Crippen molar-refractivity contribution in [2.24, 2.45) is 0 Å². The van der Waals surface area contributed by atoms with Crippen LogP contribution in [0.3, 0.4) is 0 Å². The maximum atomic E-state index is 2.39. The number of nitrogens with zero attached hydrogens (tertiary/aromatic N) is 1. The molecular formula is C38H25NS. The van der Waals surface area contributed by atoms with Crippen molar-refractivity contribution in [3.63, 3.8) is 0 Å². The molecule has 0 bridgehead atoms. The van der Waals surface area contributed by atoms with Crippen LogP contribution in [0.1, 0.15) is 0 Å². The number of hydrogen-bond donors (Lipinski definition) is 0. The van der Waals surface area contributed by atoms with E-state index in [1.165, 1.54) is 70.3 Å². The van der Waals surface area contributed by atoms with E-state index in [1.807, 2.05) is 11.3 Å². The summed E-state index contributed by atoms with van der Waals surface area (Å²) >= 11 is 1.90. The molecule has 6 aromatic carbocycles. The summed E-state index contributed by atoms with van der Waals surface area (Å²) in [6.07, 6.45) is 0. The third-order valence-corrected chi connectivity index (χ3v) is 9.13. The zero-order chi connectivity index (χ0) is 26.5. The summed E-state index contributed by atoms with van der Waals surface area (Å²) in [5.74, 6) is 0. The average molecular weight is 528 g/mol. The largest absolute Gasteiger partial charge is 0.309 e. The first-order chi connectivity index (χ1) is 19.9. The highest BCUT2D eigenvalue weighted by molar-refractivity contribution is 7.21. The van der Waals surface area contributed by atoms with E-state index in [9.17, 15) is 0 Å². The van der Waals surface area contributed by atoms with Gasteiger partial charge in [0.15, 0.2) is 0 Å². The van der Waals surface area contributed by atoms with Gasteiger partial charge >= 0.3 is 0 Å². The Bertz CT molecular complexity index is 2150. The number of thiophene rings is 1. The molecule has 188 valence electrons. The number of aromatic nitrogens is 1. The summed E-state index contributed by atoms with van der Waals surface area (Å²) in [7, 11) is 0. The van der Waals surface area contributed by atoms with Crippen LogP contribution in [-0.2, 0) is 0 Å². The van der Waals surface area contributed by atoms with Crippen LogP contribution in [0.5, 0.6) is 0 Å². The molecule has 0 atom stereocenters. The molecule has 0 unspecified atom stereocenters. The highest BCUT2D eigenvalue weighted by Crippen LogP contribution is 2.47. The van der Waals surface area contributed by atoms with E-state index >= 15 is 0 Å². The first kappa shape index (κ1) is 23.0. The van der Waals surface area contributed by atoms with Gasteiger partial charge in [0.25, 0.3) is 0 Å². The second kappa shape index (κ2) is 9.37. The molecule has 0 aliphatic heterocycles. The van der Waals surface area contributed by atoms with Gasteiger partial charge in [-0.2, -0.15) is 0 Å². The fraction of sp³-hybridized carbons (Fsp3) is 0. The number of rotatable bonds is 4. The molecule has 2 heterocycles. The van der Waals surface area contributed by atoms with Crippen molar-refractivity contribution in [1.82, 2.24) is 4.57 Å². The van der Waals surface area contributed by atoms with Crippen LogP contribution in [0.25, 0.3) is 70.3 Å². The van der Waals surface area contributed by atoms with Crippen molar-refractivity contribution >= 4 is 43.9 Å². The molecule has 0 saturated heterocycles. The third kappa shape index (κ3) is 3.61. The second-order valence-corrected chi connectivity index (χ2v) is 11.2. The van der Waals surface area contributed by atoms with Crippen molar-refractivity contribution < 1.29 is 0 Å². The number of para-hydroxylation sites is 2. The Labute approximate surface area is 237 Å². The van der Waals surface area contributed by atoms with Crippen LogP contribution in [-0.4, -0.2) is 4.57 Å². The van der Waals surface area contributed by atoms with E-state index in [2.05, 4.69) is 156 Å². The summed E-state index contributed by atoms with van der Waals surface area (Å²) in [5.41, 5.74) is 8.69. The molecule has 2 aromatic heterocycles.